The quantitative estimate of drug-likeness (QED) is 0.612. The predicted molar refractivity (Wildman–Crippen MR) is 75.5 cm³/mol. The van der Waals surface area contributed by atoms with Crippen LogP contribution in [-0.2, 0) is 20.9 Å². The van der Waals surface area contributed by atoms with Crippen molar-refractivity contribution in [1.82, 2.24) is 14.8 Å². The average molecular weight is 291 g/mol. The number of hydrogen-bond donors (Lipinski definition) is 0. The van der Waals surface area contributed by atoms with Gasteiger partial charge in [-0.25, -0.2) is 9.86 Å². The number of nitrogens with zero attached hydrogens (tertiary/aromatic N) is 3. The number of fused-ring (bicyclic) bond motifs is 1. The first-order valence-corrected chi connectivity index (χ1v) is 6.51. The molecular formula is C14H17N3O4. The van der Waals surface area contributed by atoms with E-state index in [9.17, 15) is 9.59 Å². The Labute approximate surface area is 122 Å². The van der Waals surface area contributed by atoms with Crippen molar-refractivity contribution in [3.05, 3.63) is 30.0 Å². The zero-order valence-corrected chi connectivity index (χ0v) is 12.2. The summed E-state index contributed by atoms with van der Waals surface area (Å²) in [6, 6.07) is 7.20. The lowest BCUT2D eigenvalue weighted by molar-refractivity contribution is -0.169. The third-order valence-electron chi connectivity index (χ3n) is 3.04. The summed E-state index contributed by atoms with van der Waals surface area (Å²) in [6.07, 6.45) is 0. The largest absolute Gasteiger partial charge is 0.461 e. The maximum Gasteiger partial charge on any atom is 0.359 e. The van der Waals surface area contributed by atoms with Crippen LogP contribution in [0.2, 0.25) is 0 Å². The Morgan fingerprint density at radius 1 is 1.33 bits per heavy atom. The first kappa shape index (κ1) is 15.0. The topological polar surface area (TPSA) is 73.7 Å². The molecule has 7 nitrogen and oxygen atoms in total. The van der Waals surface area contributed by atoms with Crippen molar-refractivity contribution in [2.75, 3.05) is 20.8 Å². The van der Waals surface area contributed by atoms with E-state index in [-0.39, 0.29) is 24.8 Å². The molecule has 0 unspecified atom stereocenters. The van der Waals surface area contributed by atoms with Crippen LogP contribution in [0.4, 0.5) is 0 Å². The van der Waals surface area contributed by atoms with E-state index in [0.717, 1.165) is 5.06 Å². The molecule has 0 saturated carbocycles. The molecule has 7 heteroatoms. The standard InChI is InChI=1S/C14H17N3O4/c1-4-21-14(19)13-10-7-5-6-8-11(10)17(15-13)9-12(18)16(2)20-3/h5-8H,4,9H2,1-3H3. The molecule has 1 amide bonds. The van der Waals surface area contributed by atoms with Crippen molar-refractivity contribution in [1.29, 1.82) is 0 Å². The highest BCUT2D eigenvalue weighted by molar-refractivity contribution is 6.02. The Bertz CT molecular complexity index is 665. The molecule has 2 rings (SSSR count). The number of carbonyl (C=O) groups excluding carboxylic acids is 2. The molecule has 0 radical (unpaired) electrons. The Morgan fingerprint density at radius 2 is 2.05 bits per heavy atom. The zero-order valence-electron chi connectivity index (χ0n) is 12.2. The Balaban J connectivity index is 2.41. The van der Waals surface area contributed by atoms with Gasteiger partial charge in [0.25, 0.3) is 5.91 Å². The molecule has 0 aliphatic rings. The number of likely N-dealkylation sites (N-methyl/N-ethyl adjacent to an activating group) is 1. The van der Waals surface area contributed by atoms with Crippen LogP contribution in [0.1, 0.15) is 17.4 Å². The van der Waals surface area contributed by atoms with Crippen LogP contribution in [0.5, 0.6) is 0 Å². The van der Waals surface area contributed by atoms with E-state index >= 15 is 0 Å². The minimum absolute atomic E-state index is 0.0236. The summed E-state index contributed by atoms with van der Waals surface area (Å²) in [6.45, 7) is 1.98. The van der Waals surface area contributed by atoms with E-state index in [4.69, 9.17) is 9.57 Å². The molecule has 0 bridgehead atoms. The lowest BCUT2D eigenvalue weighted by Gasteiger charge is -2.13. The summed E-state index contributed by atoms with van der Waals surface area (Å²) < 4.78 is 6.46. The maximum atomic E-state index is 11.9. The monoisotopic (exact) mass is 291 g/mol. The second-order valence-electron chi connectivity index (χ2n) is 4.32. The number of carbonyl (C=O) groups is 2. The number of rotatable bonds is 5. The third-order valence-corrected chi connectivity index (χ3v) is 3.04. The molecule has 112 valence electrons. The molecule has 0 spiro atoms. The number of hydrogen-bond acceptors (Lipinski definition) is 5. The summed E-state index contributed by atoms with van der Waals surface area (Å²) in [4.78, 5) is 28.7. The number of para-hydroxylation sites is 1. The molecule has 0 atom stereocenters. The van der Waals surface area contributed by atoms with Gasteiger partial charge in [0.1, 0.15) is 6.54 Å². The minimum atomic E-state index is -0.500. The van der Waals surface area contributed by atoms with Gasteiger partial charge >= 0.3 is 5.97 Å². The highest BCUT2D eigenvalue weighted by atomic mass is 16.7. The summed E-state index contributed by atoms with van der Waals surface area (Å²) in [5.41, 5.74) is 0.902. The van der Waals surface area contributed by atoms with Crippen molar-refractivity contribution in [2.45, 2.75) is 13.5 Å². The van der Waals surface area contributed by atoms with E-state index < -0.39 is 5.97 Å². The van der Waals surface area contributed by atoms with Gasteiger partial charge in [-0.05, 0) is 13.0 Å². The molecule has 0 fully saturated rings. The molecule has 0 saturated heterocycles. The van der Waals surface area contributed by atoms with Crippen LogP contribution >= 0.6 is 0 Å². The van der Waals surface area contributed by atoms with E-state index in [1.807, 2.05) is 6.07 Å². The predicted octanol–water partition coefficient (Wildman–Crippen LogP) is 1.23. The second-order valence-corrected chi connectivity index (χ2v) is 4.32. The van der Waals surface area contributed by atoms with Gasteiger partial charge in [0.05, 0.1) is 19.2 Å². The van der Waals surface area contributed by atoms with Crippen LogP contribution < -0.4 is 0 Å². The summed E-state index contributed by atoms with van der Waals surface area (Å²) >= 11 is 0. The average Bonchev–Trinajstić information content (AvgIpc) is 2.85. The summed E-state index contributed by atoms with van der Waals surface area (Å²) in [7, 11) is 2.92. The zero-order chi connectivity index (χ0) is 15.4. The maximum absolute atomic E-state index is 11.9. The van der Waals surface area contributed by atoms with Crippen molar-refractivity contribution >= 4 is 22.8 Å². The van der Waals surface area contributed by atoms with Crippen LogP contribution in [0.25, 0.3) is 10.9 Å². The van der Waals surface area contributed by atoms with Crippen molar-refractivity contribution in [2.24, 2.45) is 0 Å². The summed E-state index contributed by atoms with van der Waals surface area (Å²) in [5, 5.41) is 5.97. The molecule has 21 heavy (non-hydrogen) atoms. The number of benzene rings is 1. The Hall–Kier alpha value is -2.41. The van der Waals surface area contributed by atoms with Gasteiger partial charge in [0.2, 0.25) is 0 Å². The minimum Gasteiger partial charge on any atom is -0.461 e. The lowest BCUT2D eigenvalue weighted by Crippen LogP contribution is -2.29. The highest BCUT2D eigenvalue weighted by Gasteiger charge is 2.20. The SMILES string of the molecule is CCOC(=O)c1nn(CC(=O)N(C)OC)c2ccccc12. The van der Waals surface area contributed by atoms with Gasteiger partial charge in [-0.3, -0.25) is 14.3 Å². The second kappa shape index (κ2) is 6.36. The van der Waals surface area contributed by atoms with Crippen LogP contribution in [0.15, 0.2) is 24.3 Å². The number of esters is 1. The van der Waals surface area contributed by atoms with Gasteiger partial charge in [-0.15, -0.1) is 0 Å². The fraction of sp³-hybridized carbons (Fsp3) is 0.357. The molecule has 0 N–H and O–H groups in total. The molecule has 1 aromatic carbocycles. The number of hydroxylamine groups is 2. The van der Waals surface area contributed by atoms with Crippen molar-refractivity contribution in [3.63, 3.8) is 0 Å². The molecule has 1 heterocycles. The molecular weight excluding hydrogens is 274 g/mol. The van der Waals surface area contributed by atoms with Gasteiger partial charge in [-0.1, -0.05) is 18.2 Å². The number of ether oxygens (including phenoxy) is 1. The molecule has 0 aliphatic carbocycles. The van der Waals surface area contributed by atoms with Crippen LogP contribution in [0.3, 0.4) is 0 Å². The van der Waals surface area contributed by atoms with Gasteiger partial charge < -0.3 is 4.74 Å². The van der Waals surface area contributed by atoms with Gasteiger partial charge in [-0.2, -0.15) is 5.10 Å². The Morgan fingerprint density at radius 3 is 2.71 bits per heavy atom. The normalized spacial score (nSPS) is 10.6. The van der Waals surface area contributed by atoms with Crippen molar-refractivity contribution < 1.29 is 19.2 Å². The van der Waals surface area contributed by atoms with E-state index in [1.165, 1.54) is 18.8 Å². The van der Waals surface area contributed by atoms with Gasteiger partial charge in [0.15, 0.2) is 5.69 Å². The van der Waals surface area contributed by atoms with E-state index in [0.29, 0.717) is 10.9 Å². The fourth-order valence-corrected chi connectivity index (χ4v) is 1.93. The Kier molecular flexibility index (Phi) is 4.54. The van der Waals surface area contributed by atoms with E-state index in [2.05, 4.69) is 5.10 Å². The third kappa shape index (κ3) is 3.03. The molecule has 1 aromatic heterocycles. The number of aromatic nitrogens is 2. The smallest absolute Gasteiger partial charge is 0.359 e. The van der Waals surface area contributed by atoms with Crippen LogP contribution in [0, 0.1) is 0 Å². The van der Waals surface area contributed by atoms with Crippen molar-refractivity contribution in [3.8, 4) is 0 Å². The lowest BCUT2D eigenvalue weighted by atomic mass is 10.2. The van der Waals surface area contributed by atoms with Gasteiger partial charge in [0, 0.05) is 12.4 Å². The fourth-order valence-electron chi connectivity index (χ4n) is 1.93. The highest BCUT2D eigenvalue weighted by Crippen LogP contribution is 2.19. The van der Waals surface area contributed by atoms with Crippen LogP contribution in [-0.4, -0.2) is 47.5 Å². The number of amides is 1. The first-order valence-electron chi connectivity index (χ1n) is 6.51. The first-order chi connectivity index (χ1) is 10.1. The van der Waals surface area contributed by atoms with E-state index in [1.54, 1.807) is 25.1 Å². The molecule has 0 aliphatic heterocycles. The summed E-state index contributed by atoms with van der Waals surface area (Å²) in [5.74, 6) is -0.777. The molecule has 2 aromatic rings.